The van der Waals surface area contributed by atoms with Crippen LogP contribution < -0.4 is 9.47 Å². The van der Waals surface area contributed by atoms with E-state index >= 15 is 0 Å². The predicted molar refractivity (Wildman–Crippen MR) is 170 cm³/mol. The lowest BCUT2D eigenvalue weighted by molar-refractivity contribution is -0.110. The lowest BCUT2D eigenvalue weighted by Crippen LogP contribution is -2.08. The van der Waals surface area contributed by atoms with E-state index in [2.05, 4.69) is 0 Å². The molecule has 6 rings (SSSR count). The number of hydrogen-bond donors (Lipinski definition) is 1. The second kappa shape index (κ2) is 11.6. The third-order valence-electron chi connectivity index (χ3n) is 8.12. The van der Waals surface area contributed by atoms with Crippen molar-refractivity contribution >= 4 is 39.5 Å². The quantitative estimate of drug-likeness (QED) is 0.124. The number of carbonyl (C=O) groups excluding carboxylic acids is 1. The van der Waals surface area contributed by atoms with Crippen LogP contribution in [-0.4, -0.2) is 39.3 Å². The molecule has 1 N–H and O–H groups in total. The van der Waals surface area contributed by atoms with Gasteiger partial charge < -0.3 is 24.1 Å². The molecule has 0 saturated heterocycles. The van der Waals surface area contributed by atoms with Crippen LogP contribution in [-0.2, 0) is 14.3 Å². The Hall–Kier alpha value is -5.23. The highest BCUT2D eigenvalue weighted by molar-refractivity contribution is 6.02. The summed E-state index contributed by atoms with van der Waals surface area (Å²) in [5.74, 6) is 2.03. The zero-order valence-electron chi connectivity index (χ0n) is 24.5. The van der Waals surface area contributed by atoms with Crippen molar-refractivity contribution in [2.75, 3.05) is 28.4 Å². The fourth-order valence-electron chi connectivity index (χ4n) is 6.18. The van der Waals surface area contributed by atoms with Gasteiger partial charge in [-0.2, -0.15) is 0 Å². The van der Waals surface area contributed by atoms with Crippen LogP contribution in [0.25, 0.3) is 33.7 Å². The van der Waals surface area contributed by atoms with Crippen molar-refractivity contribution in [3.05, 3.63) is 131 Å². The van der Waals surface area contributed by atoms with Gasteiger partial charge in [-0.05, 0) is 69.5 Å². The Balaban J connectivity index is 1.27. The minimum absolute atomic E-state index is 0.156. The predicted octanol–water partition coefficient (Wildman–Crippen LogP) is 8.00. The first-order chi connectivity index (χ1) is 21.0. The van der Waals surface area contributed by atoms with Gasteiger partial charge in [-0.25, -0.2) is 0 Å². The summed E-state index contributed by atoms with van der Waals surface area (Å²) >= 11 is 0. The number of hydrogen-bond acceptors (Lipinski definition) is 6. The third kappa shape index (κ3) is 4.95. The molecule has 43 heavy (non-hydrogen) atoms. The zero-order chi connectivity index (χ0) is 30.1. The molecule has 0 aromatic heterocycles. The van der Waals surface area contributed by atoms with E-state index in [0.29, 0.717) is 0 Å². The summed E-state index contributed by atoms with van der Waals surface area (Å²) in [5.41, 5.74) is 4.12. The van der Waals surface area contributed by atoms with Crippen LogP contribution >= 0.6 is 0 Å². The monoisotopic (exact) mass is 572 g/mol. The number of aliphatic hydroxyl groups excluding tert-OH is 1. The molecule has 0 aliphatic heterocycles. The Bertz CT molecular complexity index is 1910. The SMILES string of the molecule is COC1=Cc2ccc(OC)c3cccc(c23)C1/C=C/C(=O)/C=C(O)/C=C/C1C(OC)=Cc2ccc(OC)c3cccc1c23. The lowest BCUT2D eigenvalue weighted by Gasteiger charge is -2.25. The molecule has 6 nitrogen and oxygen atoms in total. The summed E-state index contributed by atoms with van der Waals surface area (Å²) in [6, 6.07) is 20.0. The molecular formula is C37H32O6. The van der Waals surface area contributed by atoms with E-state index in [1.54, 1.807) is 34.5 Å². The molecule has 0 bridgehead atoms. The maximum absolute atomic E-state index is 13.0. The second-order valence-corrected chi connectivity index (χ2v) is 10.4. The fraction of sp³-hybridized carbons (Fsp3) is 0.162. The van der Waals surface area contributed by atoms with Gasteiger partial charge in [0.05, 0.1) is 40.3 Å². The topological polar surface area (TPSA) is 74.2 Å². The molecule has 0 heterocycles. The molecule has 4 aromatic carbocycles. The summed E-state index contributed by atoms with van der Waals surface area (Å²) in [6.07, 6.45) is 11.8. The normalized spacial score (nSPS) is 17.7. The van der Waals surface area contributed by atoms with Crippen LogP contribution in [0, 0.1) is 0 Å². The summed E-state index contributed by atoms with van der Waals surface area (Å²) in [4.78, 5) is 13.0. The van der Waals surface area contributed by atoms with E-state index in [0.717, 1.165) is 66.8 Å². The van der Waals surface area contributed by atoms with E-state index in [1.165, 1.54) is 18.2 Å². The van der Waals surface area contributed by atoms with Gasteiger partial charge in [-0.1, -0.05) is 60.7 Å². The van der Waals surface area contributed by atoms with Gasteiger partial charge in [-0.3, -0.25) is 4.79 Å². The minimum Gasteiger partial charge on any atom is -0.508 e. The Kier molecular flexibility index (Phi) is 7.51. The average molecular weight is 573 g/mol. The van der Waals surface area contributed by atoms with Gasteiger partial charge in [0.2, 0.25) is 0 Å². The van der Waals surface area contributed by atoms with E-state index < -0.39 is 0 Å². The van der Waals surface area contributed by atoms with Crippen molar-refractivity contribution in [3.8, 4) is 11.5 Å². The van der Waals surface area contributed by atoms with Crippen LogP contribution in [0.3, 0.4) is 0 Å². The van der Waals surface area contributed by atoms with Crippen LogP contribution in [0.5, 0.6) is 11.5 Å². The Morgan fingerprint density at radius 1 is 0.651 bits per heavy atom. The summed E-state index contributed by atoms with van der Waals surface area (Å²) in [5, 5.41) is 14.9. The maximum atomic E-state index is 13.0. The van der Waals surface area contributed by atoms with Gasteiger partial charge in [0, 0.05) is 16.8 Å². The number of allylic oxidation sites excluding steroid dienone is 5. The molecule has 0 fully saturated rings. The number of rotatable bonds is 9. The van der Waals surface area contributed by atoms with E-state index in [-0.39, 0.29) is 23.4 Å². The second-order valence-electron chi connectivity index (χ2n) is 10.4. The largest absolute Gasteiger partial charge is 0.508 e. The van der Waals surface area contributed by atoms with E-state index in [9.17, 15) is 9.90 Å². The number of carbonyl (C=O) groups is 1. The summed E-state index contributed by atoms with van der Waals surface area (Å²) < 4.78 is 22.6. The van der Waals surface area contributed by atoms with Crippen molar-refractivity contribution in [1.29, 1.82) is 0 Å². The van der Waals surface area contributed by atoms with Crippen molar-refractivity contribution in [2.24, 2.45) is 0 Å². The Morgan fingerprint density at radius 2 is 1.14 bits per heavy atom. The molecule has 0 saturated carbocycles. The average Bonchev–Trinajstić information content (AvgIpc) is 3.03. The number of methoxy groups -OCH3 is 4. The first-order valence-corrected chi connectivity index (χ1v) is 14.0. The Morgan fingerprint density at radius 3 is 1.60 bits per heavy atom. The number of ether oxygens (including phenoxy) is 4. The number of ketones is 1. The van der Waals surface area contributed by atoms with Crippen molar-refractivity contribution in [1.82, 2.24) is 0 Å². The molecule has 4 aromatic rings. The Labute approximate surface area is 250 Å². The standard InChI is InChI=1S/C37H32O6/c1-40-32-17-11-22-19-34(42-3)26(28-7-5-9-30(32)36(22)28)15-13-24(38)21-25(39)14-16-27-29-8-6-10-31-33(41-2)18-12-23(37(29)31)20-35(27)43-4/h5-21,26-27,38H,1-4H3/b15-13+,16-14+,24-21-. The van der Waals surface area contributed by atoms with Gasteiger partial charge in [0.15, 0.2) is 5.78 Å². The molecular weight excluding hydrogens is 540 g/mol. The van der Waals surface area contributed by atoms with E-state index in [1.807, 2.05) is 78.9 Å². The molecule has 2 atom stereocenters. The van der Waals surface area contributed by atoms with Crippen LogP contribution in [0.15, 0.2) is 108 Å². The summed E-state index contributed by atoms with van der Waals surface area (Å²) in [7, 11) is 6.58. The van der Waals surface area contributed by atoms with Gasteiger partial charge >= 0.3 is 0 Å². The lowest BCUT2D eigenvalue weighted by atomic mass is 9.84. The number of benzene rings is 4. The molecule has 2 unspecified atom stereocenters. The molecule has 0 radical (unpaired) electrons. The molecule has 6 heteroatoms. The van der Waals surface area contributed by atoms with Gasteiger partial charge in [-0.15, -0.1) is 0 Å². The van der Waals surface area contributed by atoms with Gasteiger partial charge in [0.1, 0.15) is 28.8 Å². The van der Waals surface area contributed by atoms with Crippen LogP contribution in [0.1, 0.15) is 34.1 Å². The van der Waals surface area contributed by atoms with Crippen LogP contribution in [0.2, 0.25) is 0 Å². The molecule has 2 aliphatic rings. The third-order valence-corrected chi connectivity index (χ3v) is 8.12. The van der Waals surface area contributed by atoms with Crippen molar-refractivity contribution in [3.63, 3.8) is 0 Å². The van der Waals surface area contributed by atoms with Gasteiger partial charge in [0.25, 0.3) is 0 Å². The molecule has 0 spiro atoms. The summed E-state index contributed by atoms with van der Waals surface area (Å²) in [6.45, 7) is 0. The zero-order valence-corrected chi connectivity index (χ0v) is 24.5. The minimum atomic E-state index is -0.343. The molecule has 216 valence electrons. The van der Waals surface area contributed by atoms with Crippen molar-refractivity contribution < 1.29 is 28.8 Å². The van der Waals surface area contributed by atoms with Crippen LogP contribution in [0.4, 0.5) is 0 Å². The van der Waals surface area contributed by atoms with Crippen molar-refractivity contribution in [2.45, 2.75) is 11.8 Å². The van der Waals surface area contributed by atoms with E-state index in [4.69, 9.17) is 18.9 Å². The number of aliphatic hydroxyl groups is 1. The highest BCUT2D eigenvalue weighted by atomic mass is 16.5. The maximum Gasteiger partial charge on any atom is 0.182 e. The molecule has 0 amide bonds. The highest BCUT2D eigenvalue weighted by Gasteiger charge is 2.26. The first-order valence-electron chi connectivity index (χ1n) is 14.0. The highest BCUT2D eigenvalue weighted by Crippen LogP contribution is 2.44. The molecule has 2 aliphatic carbocycles. The fourth-order valence-corrected chi connectivity index (χ4v) is 6.18. The smallest absolute Gasteiger partial charge is 0.182 e. The first kappa shape index (κ1) is 27.9.